The topological polar surface area (TPSA) is 67.9 Å². The van der Waals surface area contributed by atoms with Gasteiger partial charge in [-0.3, -0.25) is 4.79 Å². The second-order valence-corrected chi connectivity index (χ2v) is 8.51. The Morgan fingerprint density at radius 3 is 2.40 bits per heavy atom. The minimum absolute atomic E-state index is 0.0727. The van der Waals surface area contributed by atoms with E-state index in [1.807, 2.05) is 77.0 Å². The third kappa shape index (κ3) is 2.46. The average Bonchev–Trinajstić information content (AvgIpc) is 3.43. The molecule has 2 aromatic carbocycles. The van der Waals surface area contributed by atoms with Gasteiger partial charge in [-0.2, -0.15) is 10.5 Å². The van der Waals surface area contributed by atoms with Crippen LogP contribution < -0.4 is 4.90 Å². The Morgan fingerprint density at radius 1 is 0.967 bits per heavy atom. The highest BCUT2D eigenvalue weighted by Crippen LogP contribution is 2.56. The first-order valence-electron chi connectivity index (χ1n) is 9.72. The first kappa shape index (κ1) is 18.4. The molecule has 2 aliphatic rings. The number of fused-ring (bicyclic) bond motifs is 3. The Hall–Kier alpha value is -3.67. The molecule has 3 aromatic rings. The molecule has 0 bridgehead atoms. The summed E-state index contributed by atoms with van der Waals surface area (Å²) in [4.78, 5) is 16.7. The lowest BCUT2D eigenvalue weighted by Crippen LogP contribution is -2.44. The molecule has 0 spiro atoms. The van der Waals surface area contributed by atoms with Gasteiger partial charge >= 0.3 is 0 Å². The number of thiophene rings is 1. The van der Waals surface area contributed by atoms with Crippen molar-refractivity contribution in [3.63, 3.8) is 0 Å². The van der Waals surface area contributed by atoms with Crippen LogP contribution in [0.5, 0.6) is 0 Å². The smallest absolute Gasteiger partial charge is 0.185 e. The quantitative estimate of drug-likeness (QED) is 0.571. The van der Waals surface area contributed by atoms with E-state index >= 15 is 0 Å². The Bertz CT molecular complexity index is 1200. The van der Waals surface area contributed by atoms with Crippen molar-refractivity contribution in [3.8, 4) is 12.1 Å². The summed E-state index contributed by atoms with van der Waals surface area (Å²) in [5.41, 5.74) is 1.08. The molecule has 5 heteroatoms. The number of rotatable bonds is 3. The van der Waals surface area contributed by atoms with Gasteiger partial charge in [0.05, 0.1) is 24.1 Å². The second kappa shape index (κ2) is 6.99. The number of anilines is 1. The molecule has 0 amide bonds. The molecule has 144 valence electrons. The molecule has 5 rings (SSSR count). The van der Waals surface area contributed by atoms with Crippen molar-refractivity contribution in [1.82, 2.24) is 0 Å². The van der Waals surface area contributed by atoms with Gasteiger partial charge in [-0.05, 0) is 23.1 Å². The van der Waals surface area contributed by atoms with Crippen LogP contribution in [-0.4, -0.2) is 17.9 Å². The van der Waals surface area contributed by atoms with E-state index in [1.165, 1.54) is 11.3 Å². The Kier molecular flexibility index (Phi) is 4.28. The molecule has 3 heterocycles. The lowest BCUT2D eigenvalue weighted by molar-refractivity contribution is 0.0951. The number of ketones is 1. The third-order valence-electron chi connectivity index (χ3n) is 6.09. The predicted molar refractivity (Wildman–Crippen MR) is 117 cm³/mol. The van der Waals surface area contributed by atoms with E-state index in [0.717, 1.165) is 16.1 Å². The summed E-state index contributed by atoms with van der Waals surface area (Å²) in [5.74, 6) is -0.627. The standard InChI is InChI=1S/C25H17N3OS/c26-15-25(16-27)21-13-12-17-7-4-5-10-19(17)28(21)23(22(25)20-11-6-14-30-20)24(29)18-8-2-1-3-9-18/h1-14,21-23H/t21-,22+,23-/m1/s1. The molecule has 3 atom stereocenters. The number of Topliss-reactive ketones (excluding diaryl/α,β-unsaturated/α-hetero) is 1. The highest BCUT2D eigenvalue weighted by atomic mass is 32.1. The number of hydrogen-bond acceptors (Lipinski definition) is 5. The molecule has 30 heavy (non-hydrogen) atoms. The number of hydrogen-bond donors (Lipinski definition) is 0. The number of carbonyl (C=O) groups is 1. The minimum Gasteiger partial charge on any atom is -0.351 e. The first-order valence-corrected chi connectivity index (χ1v) is 10.6. The summed E-state index contributed by atoms with van der Waals surface area (Å²) < 4.78 is 0. The van der Waals surface area contributed by atoms with Gasteiger partial charge in [0.15, 0.2) is 11.2 Å². The third-order valence-corrected chi connectivity index (χ3v) is 7.05. The summed E-state index contributed by atoms with van der Waals surface area (Å²) in [6.45, 7) is 0. The van der Waals surface area contributed by atoms with E-state index in [-0.39, 0.29) is 5.78 Å². The van der Waals surface area contributed by atoms with Crippen molar-refractivity contribution >= 4 is 28.9 Å². The Morgan fingerprint density at radius 2 is 1.70 bits per heavy atom. The maximum atomic E-state index is 13.9. The van der Waals surface area contributed by atoms with Gasteiger partial charge in [-0.25, -0.2) is 0 Å². The van der Waals surface area contributed by atoms with Crippen LogP contribution in [-0.2, 0) is 0 Å². The van der Waals surface area contributed by atoms with Gasteiger partial charge < -0.3 is 4.90 Å². The van der Waals surface area contributed by atoms with Gasteiger partial charge in [-0.1, -0.05) is 66.7 Å². The summed E-state index contributed by atoms with van der Waals surface area (Å²) in [7, 11) is 0. The molecule has 0 N–H and O–H groups in total. The molecule has 1 aromatic heterocycles. The van der Waals surface area contributed by atoms with Crippen molar-refractivity contribution in [2.45, 2.75) is 18.0 Å². The normalized spacial score (nSPS) is 23.1. The fraction of sp³-hybridized carbons (Fsp3) is 0.160. The number of para-hydroxylation sites is 1. The first-order chi connectivity index (χ1) is 14.7. The van der Waals surface area contributed by atoms with E-state index in [9.17, 15) is 15.3 Å². The summed E-state index contributed by atoms with van der Waals surface area (Å²) in [6.07, 6.45) is 3.87. The summed E-state index contributed by atoms with van der Waals surface area (Å²) >= 11 is 1.49. The molecular weight excluding hydrogens is 390 g/mol. The van der Waals surface area contributed by atoms with Crippen LogP contribution in [0.2, 0.25) is 0 Å². The highest BCUT2D eigenvalue weighted by molar-refractivity contribution is 7.10. The maximum Gasteiger partial charge on any atom is 0.185 e. The van der Waals surface area contributed by atoms with Crippen LogP contribution >= 0.6 is 11.3 Å². The molecule has 0 aliphatic carbocycles. The minimum atomic E-state index is -1.37. The van der Waals surface area contributed by atoms with Gasteiger partial charge in [0.25, 0.3) is 0 Å². The van der Waals surface area contributed by atoms with Gasteiger partial charge in [0.2, 0.25) is 0 Å². The fourth-order valence-corrected chi connectivity index (χ4v) is 5.72. The van der Waals surface area contributed by atoms with E-state index in [1.54, 1.807) is 12.1 Å². The zero-order chi connectivity index (χ0) is 20.7. The fourth-order valence-electron chi connectivity index (χ4n) is 4.78. The highest BCUT2D eigenvalue weighted by Gasteiger charge is 2.63. The number of nitrogens with zero attached hydrogens (tertiary/aromatic N) is 3. The molecular formula is C25H17N3OS. The zero-order valence-electron chi connectivity index (χ0n) is 16.0. The van der Waals surface area contributed by atoms with Crippen LogP contribution in [0.25, 0.3) is 6.08 Å². The number of nitriles is 2. The molecule has 4 nitrogen and oxygen atoms in total. The Labute approximate surface area is 178 Å². The molecule has 1 saturated heterocycles. The predicted octanol–water partition coefficient (Wildman–Crippen LogP) is 5.03. The average molecular weight is 407 g/mol. The van der Waals surface area contributed by atoms with Crippen molar-refractivity contribution in [3.05, 3.63) is 94.2 Å². The summed E-state index contributed by atoms with van der Waals surface area (Å²) in [6, 6.07) is 24.3. The largest absolute Gasteiger partial charge is 0.351 e. The lowest BCUT2D eigenvalue weighted by atomic mass is 9.71. The molecule has 0 saturated carbocycles. The van der Waals surface area contributed by atoms with Crippen molar-refractivity contribution < 1.29 is 4.79 Å². The van der Waals surface area contributed by atoms with E-state index in [0.29, 0.717) is 5.56 Å². The summed E-state index contributed by atoms with van der Waals surface area (Å²) in [5, 5.41) is 22.5. The van der Waals surface area contributed by atoms with E-state index in [2.05, 4.69) is 12.1 Å². The molecule has 0 radical (unpaired) electrons. The van der Waals surface area contributed by atoms with Gasteiger partial charge in [-0.15, -0.1) is 11.3 Å². The van der Waals surface area contributed by atoms with Crippen molar-refractivity contribution in [1.29, 1.82) is 10.5 Å². The SMILES string of the molecule is N#CC1(C#N)[C@@H](c2cccs2)[C@H](C(=O)c2ccccc2)N2c3ccccc3C=C[C@@H]21. The second-order valence-electron chi connectivity index (χ2n) is 7.53. The Balaban J connectivity index is 1.78. The van der Waals surface area contributed by atoms with E-state index < -0.39 is 23.4 Å². The monoisotopic (exact) mass is 407 g/mol. The van der Waals surface area contributed by atoms with Crippen molar-refractivity contribution in [2.75, 3.05) is 4.90 Å². The molecule has 2 aliphatic heterocycles. The van der Waals surface area contributed by atoms with E-state index in [4.69, 9.17) is 0 Å². The number of carbonyl (C=O) groups excluding carboxylic acids is 1. The zero-order valence-corrected chi connectivity index (χ0v) is 16.8. The number of benzene rings is 2. The molecule has 0 unspecified atom stereocenters. The van der Waals surface area contributed by atoms with Crippen LogP contribution in [0, 0.1) is 28.1 Å². The van der Waals surface area contributed by atoms with Crippen LogP contribution in [0.4, 0.5) is 5.69 Å². The van der Waals surface area contributed by atoms with Crippen molar-refractivity contribution in [2.24, 2.45) is 5.41 Å². The maximum absolute atomic E-state index is 13.9. The molecule has 1 fully saturated rings. The lowest BCUT2D eigenvalue weighted by Gasteiger charge is -2.35. The van der Waals surface area contributed by atoms with Gasteiger partial charge in [0.1, 0.15) is 6.04 Å². The van der Waals surface area contributed by atoms with Crippen LogP contribution in [0.1, 0.15) is 26.7 Å². The van der Waals surface area contributed by atoms with Crippen LogP contribution in [0.15, 0.2) is 78.2 Å². The van der Waals surface area contributed by atoms with Crippen LogP contribution in [0.3, 0.4) is 0 Å². The van der Waals surface area contributed by atoms with Gasteiger partial charge in [0, 0.05) is 16.1 Å².